The second-order valence-electron chi connectivity index (χ2n) is 5.96. The fourth-order valence-corrected chi connectivity index (χ4v) is 2.48. The van der Waals surface area contributed by atoms with Crippen LogP contribution in [0, 0.1) is 5.41 Å². The summed E-state index contributed by atoms with van der Waals surface area (Å²) < 4.78 is 0. The standard InChI is InChI=1S/C15H31NO/c1-3-4-5-6-7-8-14(2)16-13-15(9-10-15)11-12-17/h14,16-17H,3-13H2,1-2H3. The fourth-order valence-electron chi connectivity index (χ4n) is 2.48. The van der Waals surface area contributed by atoms with Gasteiger partial charge in [-0.25, -0.2) is 0 Å². The summed E-state index contributed by atoms with van der Waals surface area (Å²) in [6.07, 6.45) is 11.8. The van der Waals surface area contributed by atoms with Gasteiger partial charge in [-0.3, -0.25) is 0 Å². The van der Waals surface area contributed by atoms with Crippen molar-refractivity contribution in [1.82, 2.24) is 5.32 Å². The summed E-state index contributed by atoms with van der Waals surface area (Å²) in [6, 6.07) is 0.646. The van der Waals surface area contributed by atoms with Gasteiger partial charge in [0.2, 0.25) is 0 Å². The summed E-state index contributed by atoms with van der Waals surface area (Å²) >= 11 is 0. The van der Waals surface area contributed by atoms with Gasteiger partial charge in [0.25, 0.3) is 0 Å². The first-order valence-corrected chi connectivity index (χ1v) is 7.57. The lowest BCUT2D eigenvalue weighted by atomic mass is 10.0. The van der Waals surface area contributed by atoms with Crippen LogP contribution < -0.4 is 5.32 Å². The Bertz CT molecular complexity index is 189. The third kappa shape index (κ3) is 6.42. The minimum atomic E-state index is 0.354. The first-order valence-electron chi connectivity index (χ1n) is 7.57. The molecule has 0 aromatic heterocycles. The van der Waals surface area contributed by atoms with E-state index in [1.54, 1.807) is 0 Å². The Balaban J connectivity index is 1.96. The Kier molecular flexibility index (Phi) is 7.14. The van der Waals surface area contributed by atoms with Gasteiger partial charge in [-0.05, 0) is 38.0 Å². The van der Waals surface area contributed by atoms with Gasteiger partial charge in [-0.15, -0.1) is 0 Å². The van der Waals surface area contributed by atoms with Crippen LogP contribution >= 0.6 is 0 Å². The first kappa shape index (κ1) is 15.0. The molecule has 0 radical (unpaired) electrons. The van der Waals surface area contributed by atoms with E-state index in [-0.39, 0.29) is 0 Å². The monoisotopic (exact) mass is 241 g/mol. The van der Waals surface area contributed by atoms with Crippen LogP contribution in [0.5, 0.6) is 0 Å². The highest BCUT2D eigenvalue weighted by Crippen LogP contribution is 2.47. The Labute approximate surface area is 107 Å². The first-order chi connectivity index (χ1) is 8.22. The van der Waals surface area contributed by atoms with Crippen LogP contribution in [-0.4, -0.2) is 24.3 Å². The Morgan fingerprint density at radius 1 is 1.18 bits per heavy atom. The van der Waals surface area contributed by atoms with E-state index in [2.05, 4.69) is 19.2 Å². The normalized spacial score (nSPS) is 19.2. The molecule has 1 saturated carbocycles. The molecule has 0 aromatic rings. The molecule has 0 saturated heterocycles. The summed E-state index contributed by atoms with van der Waals surface area (Å²) in [7, 11) is 0. The van der Waals surface area contributed by atoms with Crippen LogP contribution in [0.25, 0.3) is 0 Å². The van der Waals surface area contributed by atoms with Crippen molar-refractivity contribution in [3.05, 3.63) is 0 Å². The van der Waals surface area contributed by atoms with Crippen LogP contribution in [0.3, 0.4) is 0 Å². The molecule has 0 spiro atoms. The number of hydrogen-bond acceptors (Lipinski definition) is 2. The molecule has 1 aliphatic rings. The van der Waals surface area contributed by atoms with Crippen LogP contribution in [0.2, 0.25) is 0 Å². The van der Waals surface area contributed by atoms with Gasteiger partial charge in [0.1, 0.15) is 0 Å². The lowest BCUT2D eigenvalue weighted by Crippen LogP contribution is -2.32. The summed E-state index contributed by atoms with van der Waals surface area (Å²) in [5.41, 5.74) is 0.464. The van der Waals surface area contributed by atoms with E-state index in [1.807, 2.05) is 0 Å². The van der Waals surface area contributed by atoms with Crippen LogP contribution in [0.1, 0.15) is 71.6 Å². The van der Waals surface area contributed by atoms with Gasteiger partial charge in [0.15, 0.2) is 0 Å². The molecule has 17 heavy (non-hydrogen) atoms. The number of aliphatic hydroxyl groups is 1. The maximum Gasteiger partial charge on any atom is 0.0436 e. The predicted octanol–water partition coefficient (Wildman–Crippen LogP) is 3.49. The molecule has 1 fully saturated rings. The Morgan fingerprint density at radius 2 is 1.88 bits per heavy atom. The summed E-state index contributed by atoms with van der Waals surface area (Å²) in [4.78, 5) is 0. The third-order valence-electron chi connectivity index (χ3n) is 4.17. The van der Waals surface area contributed by atoms with Crippen LogP contribution in [-0.2, 0) is 0 Å². The maximum atomic E-state index is 9.00. The molecule has 2 heteroatoms. The van der Waals surface area contributed by atoms with Gasteiger partial charge in [0, 0.05) is 19.2 Å². The number of rotatable bonds is 11. The highest BCUT2D eigenvalue weighted by atomic mass is 16.3. The molecule has 1 aliphatic carbocycles. The molecule has 1 rings (SSSR count). The summed E-state index contributed by atoms with van der Waals surface area (Å²) in [5.74, 6) is 0. The third-order valence-corrected chi connectivity index (χ3v) is 4.17. The molecule has 0 heterocycles. The molecule has 2 N–H and O–H groups in total. The second kappa shape index (κ2) is 8.10. The highest BCUT2D eigenvalue weighted by molar-refractivity contribution is 4.94. The average Bonchev–Trinajstić information content (AvgIpc) is 3.07. The topological polar surface area (TPSA) is 32.3 Å². The minimum absolute atomic E-state index is 0.354. The number of hydrogen-bond donors (Lipinski definition) is 2. The molecule has 1 unspecified atom stereocenters. The van der Waals surface area contributed by atoms with Gasteiger partial charge >= 0.3 is 0 Å². The largest absolute Gasteiger partial charge is 0.396 e. The van der Waals surface area contributed by atoms with E-state index in [0.29, 0.717) is 18.1 Å². The van der Waals surface area contributed by atoms with E-state index < -0.39 is 0 Å². The Morgan fingerprint density at radius 3 is 2.47 bits per heavy atom. The zero-order valence-corrected chi connectivity index (χ0v) is 11.8. The molecule has 1 atom stereocenters. The molecular weight excluding hydrogens is 210 g/mol. The zero-order chi connectivity index (χ0) is 12.6. The lowest BCUT2D eigenvalue weighted by Gasteiger charge is -2.19. The van der Waals surface area contributed by atoms with E-state index in [9.17, 15) is 0 Å². The number of nitrogens with one attached hydrogen (secondary N) is 1. The molecule has 0 aliphatic heterocycles. The molecule has 0 aromatic carbocycles. The van der Waals surface area contributed by atoms with Crippen molar-refractivity contribution in [1.29, 1.82) is 0 Å². The van der Waals surface area contributed by atoms with Crippen molar-refractivity contribution < 1.29 is 5.11 Å². The van der Waals surface area contributed by atoms with Crippen molar-refractivity contribution in [2.75, 3.05) is 13.2 Å². The molecule has 2 nitrogen and oxygen atoms in total. The zero-order valence-electron chi connectivity index (χ0n) is 11.8. The summed E-state index contributed by atoms with van der Waals surface area (Å²) in [5, 5.41) is 12.7. The quantitative estimate of drug-likeness (QED) is 0.543. The highest BCUT2D eigenvalue weighted by Gasteiger charge is 2.41. The maximum absolute atomic E-state index is 9.00. The van der Waals surface area contributed by atoms with Crippen molar-refractivity contribution in [3.8, 4) is 0 Å². The van der Waals surface area contributed by atoms with Gasteiger partial charge in [0.05, 0.1) is 0 Å². The van der Waals surface area contributed by atoms with Crippen molar-refractivity contribution in [3.63, 3.8) is 0 Å². The number of unbranched alkanes of at least 4 members (excludes halogenated alkanes) is 4. The fraction of sp³-hybridized carbons (Fsp3) is 1.00. The molecule has 102 valence electrons. The minimum Gasteiger partial charge on any atom is -0.396 e. The van der Waals surface area contributed by atoms with E-state index >= 15 is 0 Å². The van der Waals surface area contributed by atoms with Gasteiger partial charge in [-0.2, -0.15) is 0 Å². The van der Waals surface area contributed by atoms with E-state index in [4.69, 9.17) is 5.11 Å². The summed E-state index contributed by atoms with van der Waals surface area (Å²) in [6.45, 7) is 6.03. The van der Waals surface area contributed by atoms with Crippen molar-refractivity contribution in [2.24, 2.45) is 5.41 Å². The lowest BCUT2D eigenvalue weighted by molar-refractivity contribution is 0.242. The molecule has 0 bridgehead atoms. The van der Waals surface area contributed by atoms with Gasteiger partial charge < -0.3 is 10.4 Å². The smallest absolute Gasteiger partial charge is 0.0436 e. The van der Waals surface area contributed by atoms with Crippen molar-refractivity contribution in [2.45, 2.75) is 77.7 Å². The van der Waals surface area contributed by atoms with Crippen LogP contribution in [0.15, 0.2) is 0 Å². The SMILES string of the molecule is CCCCCCCC(C)NCC1(CCO)CC1. The predicted molar refractivity (Wildman–Crippen MR) is 74.2 cm³/mol. The molecular formula is C15H31NO. The van der Waals surface area contributed by atoms with Gasteiger partial charge in [-0.1, -0.05) is 39.0 Å². The Hall–Kier alpha value is -0.0800. The van der Waals surface area contributed by atoms with Crippen LogP contribution in [0.4, 0.5) is 0 Å². The second-order valence-corrected chi connectivity index (χ2v) is 5.96. The van der Waals surface area contributed by atoms with Crippen molar-refractivity contribution >= 4 is 0 Å². The molecule has 0 amide bonds. The van der Waals surface area contributed by atoms with E-state index in [0.717, 1.165) is 13.0 Å². The number of aliphatic hydroxyl groups excluding tert-OH is 1. The average molecular weight is 241 g/mol. The van der Waals surface area contributed by atoms with E-state index in [1.165, 1.54) is 51.4 Å².